The fraction of sp³-hybridized carbons (Fsp3) is 0.316. The van der Waals surface area contributed by atoms with Gasteiger partial charge in [0.15, 0.2) is 0 Å². The molecular formula is C19H23N3O3S. The van der Waals surface area contributed by atoms with Crippen LogP contribution in [0.25, 0.3) is 0 Å². The monoisotopic (exact) mass is 373 g/mol. The highest BCUT2D eigenvalue weighted by Gasteiger charge is 2.24. The van der Waals surface area contributed by atoms with Gasteiger partial charge in [0.25, 0.3) is 5.91 Å². The van der Waals surface area contributed by atoms with Crippen LogP contribution in [0.4, 0.5) is 5.69 Å². The molecule has 26 heavy (non-hydrogen) atoms. The van der Waals surface area contributed by atoms with Gasteiger partial charge in [0.2, 0.25) is 10.0 Å². The van der Waals surface area contributed by atoms with Gasteiger partial charge in [-0.1, -0.05) is 24.3 Å². The largest absolute Gasteiger partial charge is 0.368 e. The van der Waals surface area contributed by atoms with E-state index in [2.05, 4.69) is 21.8 Å². The molecule has 3 rings (SSSR count). The Balaban J connectivity index is 1.76. The third-order valence-electron chi connectivity index (χ3n) is 4.71. The Morgan fingerprint density at radius 2 is 1.65 bits per heavy atom. The molecule has 1 aliphatic heterocycles. The highest BCUT2D eigenvalue weighted by molar-refractivity contribution is 7.89. The zero-order valence-electron chi connectivity index (χ0n) is 15.0. The van der Waals surface area contributed by atoms with Crippen molar-refractivity contribution in [1.29, 1.82) is 0 Å². The van der Waals surface area contributed by atoms with Crippen molar-refractivity contribution in [2.75, 3.05) is 38.1 Å². The average Bonchev–Trinajstić information content (AvgIpc) is 2.68. The maximum absolute atomic E-state index is 12.9. The quantitative estimate of drug-likeness (QED) is 0.888. The predicted octanol–water partition coefficient (Wildman–Crippen LogP) is 1.87. The van der Waals surface area contributed by atoms with Crippen LogP contribution in [-0.4, -0.2) is 52.5 Å². The molecule has 1 heterocycles. The highest BCUT2D eigenvalue weighted by atomic mass is 32.2. The summed E-state index contributed by atoms with van der Waals surface area (Å²) in [6, 6.07) is 14.8. The third-order valence-corrected chi connectivity index (χ3v) is 6.12. The molecular weight excluding hydrogens is 350 g/mol. The number of nitrogens with zero attached hydrogens (tertiary/aromatic N) is 2. The van der Waals surface area contributed by atoms with Crippen LogP contribution in [0.1, 0.15) is 15.9 Å². The first-order chi connectivity index (χ1) is 12.4. The third kappa shape index (κ3) is 3.73. The lowest BCUT2D eigenvalue weighted by atomic mass is 10.1. The molecule has 2 aromatic rings. The molecule has 1 fully saturated rings. The Labute approximate surface area is 154 Å². The normalized spacial score (nSPS) is 15.2. The van der Waals surface area contributed by atoms with Gasteiger partial charge in [-0.25, -0.2) is 13.1 Å². The van der Waals surface area contributed by atoms with E-state index in [9.17, 15) is 13.2 Å². The minimum atomic E-state index is -3.58. The van der Waals surface area contributed by atoms with E-state index < -0.39 is 10.0 Å². The number of nitrogens with one attached hydrogen (secondary N) is 1. The van der Waals surface area contributed by atoms with Crippen LogP contribution in [-0.2, 0) is 10.0 Å². The van der Waals surface area contributed by atoms with E-state index in [1.54, 1.807) is 11.0 Å². The van der Waals surface area contributed by atoms with Gasteiger partial charge in [-0.05, 0) is 43.8 Å². The van der Waals surface area contributed by atoms with Gasteiger partial charge >= 0.3 is 0 Å². The minimum absolute atomic E-state index is 0.108. The van der Waals surface area contributed by atoms with Gasteiger partial charge in [-0.3, -0.25) is 4.79 Å². The lowest BCUT2D eigenvalue weighted by Gasteiger charge is -2.36. The van der Waals surface area contributed by atoms with Crippen LogP contribution in [0.3, 0.4) is 0 Å². The Bertz CT molecular complexity index is 890. The molecule has 0 aliphatic carbocycles. The number of piperazine rings is 1. The van der Waals surface area contributed by atoms with Crippen molar-refractivity contribution in [3.05, 3.63) is 59.7 Å². The van der Waals surface area contributed by atoms with Crippen molar-refractivity contribution in [3.63, 3.8) is 0 Å². The molecule has 0 atom stereocenters. The van der Waals surface area contributed by atoms with Crippen LogP contribution in [0, 0.1) is 6.92 Å². The summed E-state index contributed by atoms with van der Waals surface area (Å²) in [5, 5.41) is 0. The summed E-state index contributed by atoms with van der Waals surface area (Å²) < 4.78 is 26.3. The molecule has 0 bridgehead atoms. The molecule has 0 spiro atoms. The molecule has 1 aliphatic rings. The van der Waals surface area contributed by atoms with Crippen LogP contribution in [0.2, 0.25) is 0 Å². The second-order valence-corrected chi connectivity index (χ2v) is 8.19. The first-order valence-corrected chi connectivity index (χ1v) is 10.0. The Morgan fingerprint density at radius 1 is 1.00 bits per heavy atom. The first kappa shape index (κ1) is 18.4. The average molecular weight is 373 g/mol. The summed E-state index contributed by atoms with van der Waals surface area (Å²) in [6.45, 7) is 4.54. The standard InChI is InChI=1S/C19H23N3O3S/c1-15-8-9-17(26(24,25)20-2)14-18(15)19(23)22-12-10-21(11-13-22)16-6-4-3-5-7-16/h3-9,14,20H,10-13H2,1-2H3. The summed E-state index contributed by atoms with van der Waals surface area (Å²) in [5.41, 5.74) is 2.36. The van der Waals surface area contributed by atoms with E-state index >= 15 is 0 Å². The summed E-state index contributed by atoms with van der Waals surface area (Å²) >= 11 is 0. The number of amides is 1. The van der Waals surface area contributed by atoms with Crippen LogP contribution >= 0.6 is 0 Å². The van der Waals surface area contributed by atoms with Gasteiger partial charge in [0.1, 0.15) is 0 Å². The Hall–Kier alpha value is -2.38. The minimum Gasteiger partial charge on any atom is -0.368 e. The van der Waals surface area contributed by atoms with Crippen molar-refractivity contribution in [2.24, 2.45) is 0 Å². The number of anilines is 1. The van der Waals surface area contributed by atoms with Gasteiger partial charge in [0, 0.05) is 37.4 Å². The molecule has 0 aromatic heterocycles. The number of carbonyl (C=O) groups is 1. The number of hydrogen-bond acceptors (Lipinski definition) is 4. The van der Waals surface area contributed by atoms with Gasteiger partial charge in [-0.15, -0.1) is 0 Å². The summed E-state index contributed by atoms with van der Waals surface area (Å²) in [6.07, 6.45) is 0. The number of para-hydroxylation sites is 1. The Kier molecular flexibility index (Phi) is 5.29. The number of benzene rings is 2. The molecule has 1 amide bonds. The van der Waals surface area contributed by atoms with E-state index in [1.165, 1.54) is 19.2 Å². The maximum Gasteiger partial charge on any atom is 0.254 e. The van der Waals surface area contributed by atoms with E-state index in [-0.39, 0.29) is 10.8 Å². The zero-order valence-corrected chi connectivity index (χ0v) is 15.8. The molecule has 0 saturated carbocycles. The van der Waals surface area contributed by atoms with E-state index in [0.717, 1.165) is 24.3 Å². The van der Waals surface area contributed by atoms with Crippen molar-refractivity contribution < 1.29 is 13.2 Å². The number of rotatable bonds is 4. The van der Waals surface area contributed by atoms with Crippen molar-refractivity contribution in [2.45, 2.75) is 11.8 Å². The molecule has 1 saturated heterocycles. The van der Waals surface area contributed by atoms with E-state index in [0.29, 0.717) is 18.7 Å². The number of sulfonamides is 1. The number of aryl methyl sites for hydroxylation is 1. The molecule has 138 valence electrons. The van der Waals surface area contributed by atoms with Crippen LogP contribution < -0.4 is 9.62 Å². The summed E-state index contributed by atoms with van der Waals surface area (Å²) in [7, 11) is -2.21. The fourth-order valence-electron chi connectivity index (χ4n) is 3.09. The lowest BCUT2D eigenvalue weighted by Crippen LogP contribution is -2.49. The van der Waals surface area contributed by atoms with E-state index in [4.69, 9.17) is 0 Å². The highest BCUT2D eigenvalue weighted by Crippen LogP contribution is 2.20. The SMILES string of the molecule is CNS(=O)(=O)c1ccc(C)c(C(=O)N2CCN(c3ccccc3)CC2)c1. The molecule has 0 radical (unpaired) electrons. The topological polar surface area (TPSA) is 69.7 Å². The molecule has 2 aromatic carbocycles. The maximum atomic E-state index is 12.9. The van der Waals surface area contributed by atoms with Crippen LogP contribution in [0.5, 0.6) is 0 Å². The lowest BCUT2D eigenvalue weighted by molar-refractivity contribution is 0.0746. The predicted molar refractivity (Wildman–Crippen MR) is 102 cm³/mol. The van der Waals surface area contributed by atoms with Crippen molar-refractivity contribution >= 4 is 21.6 Å². The van der Waals surface area contributed by atoms with Crippen molar-refractivity contribution in [1.82, 2.24) is 9.62 Å². The van der Waals surface area contributed by atoms with E-state index in [1.807, 2.05) is 25.1 Å². The van der Waals surface area contributed by atoms with Gasteiger partial charge in [-0.2, -0.15) is 0 Å². The van der Waals surface area contributed by atoms with Crippen molar-refractivity contribution in [3.8, 4) is 0 Å². The summed E-state index contributed by atoms with van der Waals surface area (Å²) in [4.78, 5) is 17.1. The number of hydrogen-bond donors (Lipinski definition) is 1. The second kappa shape index (κ2) is 7.47. The molecule has 7 heteroatoms. The first-order valence-electron chi connectivity index (χ1n) is 8.56. The summed E-state index contributed by atoms with van der Waals surface area (Å²) in [5.74, 6) is -0.122. The zero-order chi connectivity index (χ0) is 18.7. The second-order valence-electron chi connectivity index (χ2n) is 6.30. The fourth-order valence-corrected chi connectivity index (χ4v) is 3.85. The smallest absolute Gasteiger partial charge is 0.254 e. The van der Waals surface area contributed by atoms with Gasteiger partial charge in [0.05, 0.1) is 4.90 Å². The van der Waals surface area contributed by atoms with Crippen LogP contribution in [0.15, 0.2) is 53.4 Å². The van der Waals surface area contributed by atoms with Gasteiger partial charge < -0.3 is 9.80 Å². The Morgan fingerprint density at radius 3 is 2.27 bits per heavy atom. The number of carbonyl (C=O) groups excluding carboxylic acids is 1. The molecule has 0 unspecified atom stereocenters. The molecule has 6 nitrogen and oxygen atoms in total. The molecule has 1 N–H and O–H groups in total.